The smallest absolute Gasteiger partial charge is 0.265 e. The summed E-state index contributed by atoms with van der Waals surface area (Å²) in [4.78, 5) is 0. The molecule has 0 aromatic carbocycles. The third-order valence-corrected chi connectivity index (χ3v) is 9.94. The Bertz CT molecular complexity index is 617. The molecule has 0 spiro atoms. The van der Waals surface area contributed by atoms with E-state index in [-0.39, 0.29) is 11.1 Å². The number of fused-ring (bicyclic) bond motifs is 1. The zero-order chi connectivity index (χ0) is 18.6. The topological polar surface area (TPSA) is 71.1 Å². The van der Waals surface area contributed by atoms with Gasteiger partial charge in [-0.2, -0.15) is 8.42 Å². The van der Waals surface area contributed by atoms with Crippen molar-refractivity contribution in [3.63, 3.8) is 0 Å². The molecule has 0 saturated carbocycles. The quantitative estimate of drug-likeness (QED) is 0.416. The molecule has 6 nitrogen and oxygen atoms in total. The summed E-state index contributed by atoms with van der Waals surface area (Å²) in [6.07, 6.45) is 1.34. The van der Waals surface area contributed by atoms with Gasteiger partial charge in [0.25, 0.3) is 10.1 Å². The highest BCUT2D eigenvalue weighted by Crippen LogP contribution is 2.42. The van der Waals surface area contributed by atoms with Gasteiger partial charge in [0.2, 0.25) is 0 Å². The largest absolute Gasteiger partial charge is 0.413 e. The fraction of sp³-hybridized carbons (Fsp3) is 0.875. The summed E-state index contributed by atoms with van der Waals surface area (Å²) in [5, 5.41) is 0.0977. The molecule has 3 atom stereocenters. The number of rotatable bonds is 5. The average molecular weight is 379 g/mol. The van der Waals surface area contributed by atoms with Crippen molar-refractivity contribution in [2.24, 2.45) is 0 Å². The summed E-state index contributed by atoms with van der Waals surface area (Å²) in [5.74, 6) is -0.773. The van der Waals surface area contributed by atoms with Crippen molar-refractivity contribution in [1.29, 1.82) is 0 Å². The average Bonchev–Trinajstić information content (AvgIpc) is 2.79. The van der Waals surface area contributed by atoms with E-state index in [0.717, 1.165) is 11.8 Å². The standard InChI is InChI=1S/C16H30O6SSi/c1-15(2,3)24(7,8)19-10-11-9-12(22-23(6,17)18)14-13(11)20-16(4,5)21-14/h9,12-14H,10H2,1-8H3/t12-,13+,14-/m0/s1. The van der Waals surface area contributed by atoms with Crippen LogP contribution in [0.25, 0.3) is 0 Å². The maximum Gasteiger partial charge on any atom is 0.265 e. The molecule has 0 aromatic rings. The van der Waals surface area contributed by atoms with Crippen molar-refractivity contribution in [3.05, 3.63) is 11.6 Å². The Hall–Kier alpha value is -0.253. The van der Waals surface area contributed by atoms with Gasteiger partial charge in [-0.05, 0) is 43.6 Å². The highest BCUT2D eigenvalue weighted by molar-refractivity contribution is 7.86. The first-order valence-electron chi connectivity index (χ1n) is 8.20. The molecule has 0 aromatic heterocycles. The van der Waals surface area contributed by atoms with E-state index in [9.17, 15) is 8.42 Å². The molecule has 0 amide bonds. The van der Waals surface area contributed by atoms with E-state index in [2.05, 4.69) is 33.9 Å². The Labute approximate surface area is 146 Å². The van der Waals surface area contributed by atoms with Gasteiger partial charge in [-0.1, -0.05) is 20.8 Å². The molecule has 0 N–H and O–H groups in total. The lowest BCUT2D eigenvalue weighted by Crippen LogP contribution is -2.42. The Morgan fingerprint density at radius 3 is 2.33 bits per heavy atom. The molecule has 2 rings (SSSR count). The molecule has 8 heteroatoms. The van der Waals surface area contributed by atoms with E-state index in [1.165, 1.54) is 0 Å². The van der Waals surface area contributed by atoms with Crippen LogP contribution in [-0.2, 0) is 28.2 Å². The number of ether oxygens (including phenoxy) is 2. The van der Waals surface area contributed by atoms with Gasteiger partial charge in [0.05, 0.1) is 12.9 Å². The van der Waals surface area contributed by atoms with Crippen LogP contribution >= 0.6 is 0 Å². The lowest BCUT2D eigenvalue weighted by molar-refractivity contribution is -0.151. The van der Waals surface area contributed by atoms with Crippen molar-refractivity contribution in [2.75, 3.05) is 12.9 Å². The summed E-state index contributed by atoms with van der Waals surface area (Å²) >= 11 is 0. The second-order valence-corrected chi connectivity index (χ2v) is 15.0. The minimum Gasteiger partial charge on any atom is -0.413 e. The first kappa shape index (κ1) is 20.1. The van der Waals surface area contributed by atoms with E-state index in [1.807, 2.05) is 13.8 Å². The zero-order valence-corrected chi connectivity index (χ0v) is 17.7. The summed E-state index contributed by atoms with van der Waals surface area (Å²) in [6, 6.07) is 0. The number of hydrogen-bond acceptors (Lipinski definition) is 6. The van der Waals surface area contributed by atoms with Crippen LogP contribution in [0.15, 0.2) is 11.6 Å². The van der Waals surface area contributed by atoms with Crippen LogP contribution in [0.3, 0.4) is 0 Å². The lowest BCUT2D eigenvalue weighted by Gasteiger charge is -2.36. The molecule has 140 valence electrons. The second-order valence-electron chi connectivity index (χ2n) is 8.58. The van der Waals surface area contributed by atoms with Crippen molar-refractivity contribution in [1.82, 2.24) is 0 Å². The van der Waals surface area contributed by atoms with Crippen molar-refractivity contribution in [3.8, 4) is 0 Å². The van der Waals surface area contributed by atoms with Crippen LogP contribution in [0.1, 0.15) is 34.6 Å². The molecule has 1 aliphatic heterocycles. The van der Waals surface area contributed by atoms with E-state index in [0.29, 0.717) is 6.61 Å². The third-order valence-electron chi connectivity index (χ3n) is 4.89. The SMILES string of the molecule is CC1(C)O[C@H]2[C@@H](OS(C)(=O)=O)C=C(CO[Si](C)(C)C(C)(C)C)[C@H]2O1. The van der Waals surface area contributed by atoms with Gasteiger partial charge in [0.15, 0.2) is 14.1 Å². The fourth-order valence-electron chi connectivity index (χ4n) is 2.61. The van der Waals surface area contributed by atoms with Crippen LogP contribution in [0, 0.1) is 0 Å². The molecule has 0 unspecified atom stereocenters. The molecule has 1 heterocycles. The predicted octanol–water partition coefficient (Wildman–Crippen LogP) is 2.81. The van der Waals surface area contributed by atoms with Gasteiger partial charge in [-0.3, -0.25) is 4.18 Å². The second kappa shape index (κ2) is 6.17. The van der Waals surface area contributed by atoms with Crippen molar-refractivity contribution < 1.29 is 26.5 Å². The van der Waals surface area contributed by atoms with Crippen LogP contribution in [-0.4, -0.2) is 53.7 Å². The lowest BCUT2D eigenvalue weighted by atomic mass is 10.1. The first-order chi connectivity index (χ1) is 10.6. The fourth-order valence-corrected chi connectivity index (χ4v) is 4.14. The van der Waals surface area contributed by atoms with Crippen LogP contribution in [0.4, 0.5) is 0 Å². The van der Waals surface area contributed by atoms with Crippen LogP contribution in [0.5, 0.6) is 0 Å². The highest BCUT2D eigenvalue weighted by atomic mass is 32.2. The van der Waals surface area contributed by atoms with Gasteiger partial charge < -0.3 is 13.9 Å². The summed E-state index contributed by atoms with van der Waals surface area (Å²) in [7, 11) is -5.50. The molecular weight excluding hydrogens is 348 g/mol. The van der Waals surface area contributed by atoms with Gasteiger partial charge in [0, 0.05) is 0 Å². The van der Waals surface area contributed by atoms with E-state index >= 15 is 0 Å². The van der Waals surface area contributed by atoms with Gasteiger partial charge in [-0.15, -0.1) is 0 Å². The van der Waals surface area contributed by atoms with Crippen LogP contribution < -0.4 is 0 Å². The molecule has 24 heavy (non-hydrogen) atoms. The van der Waals surface area contributed by atoms with E-state index in [4.69, 9.17) is 18.1 Å². The molecule has 1 aliphatic carbocycles. The summed E-state index contributed by atoms with van der Waals surface area (Å²) in [6.45, 7) is 14.9. The highest BCUT2D eigenvalue weighted by Gasteiger charge is 2.51. The number of hydrogen-bond donors (Lipinski definition) is 0. The van der Waals surface area contributed by atoms with E-state index < -0.39 is 36.4 Å². The monoisotopic (exact) mass is 378 g/mol. The summed E-state index contributed by atoms with van der Waals surface area (Å²) < 4.78 is 46.3. The molecule has 2 aliphatic rings. The Morgan fingerprint density at radius 2 is 1.83 bits per heavy atom. The predicted molar refractivity (Wildman–Crippen MR) is 94.8 cm³/mol. The van der Waals surface area contributed by atoms with E-state index in [1.54, 1.807) is 6.08 Å². The molecule has 0 bridgehead atoms. The molecule has 1 fully saturated rings. The normalized spacial score (nSPS) is 30.3. The van der Waals surface area contributed by atoms with Gasteiger partial charge >= 0.3 is 0 Å². The Balaban J connectivity index is 2.17. The first-order valence-corrected chi connectivity index (χ1v) is 12.9. The maximum absolute atomic E-state index is 11.5. The minimum absolute atomic E-state index is 0.0977. The van der Waals surface area contributed by atoms with Crippen molar-refractivity contribution in [2.45, 2.75) is 76.8 Å². The molecular formula is C16H30O6SSi. The Kier molecular flexibility index (Phi) is 5.16. The third kappa shape index (κ3) is 4.47. The summed E-state index contributed by atoms with van der Waals surface area (Å²) in [5.41, 5.74) is 0.893. The van der Waals surface area contributed by atoms with Crippen LogP contribution in [0.2, 0.25) is 18.1 Å². The maximum atomic E-state index is 11.5. The zero-order valence-electron chi connectivity index (χ0n) is 15.9. The van der Waals surface area contributed by atoms with Gasteiger partial charge in [0.1, 0.15) is 18.3 Å². The molecule has 0 radical (unpaired) electrons. The molecule has 1 saturated heterocycles. The van der Waals surface area contributed by atoms with Gasteiger partial charge in [-0.25, -0.2) is 0 Å². The minimum atomic E-state index is -3.59. The van der Waals surface area contributed by atoms with Crippen molar-refractivity contribution >= 4 is 18.4 Å². The Morgan fingerprint density at radius 1 is 1.25 bits per heavy atom.